The number of methoxy groups -OCH3 is 3. The summed E-state index contributed by atoms with van der Waals surface area (Å²) in [5.41, 5.74) is 2.66. The Labute approximate surface area is 269 Å². The van der Waals surface area contributed by atoms with E-state index in [0.29, 0.717) is 35.0 Å². The smallest absolute Gasteiger partial charge is 0.170 e. The van der Waals surface area contributed by atoms with Crippen LogP contribution in [0.1, 0.15) is 0 Å². The summed E-state index contributed by atoms with van der Waals surface area (Å²) in [6, 6.07) is 22.8. The average Bonchev–Trinajstić information content (AvgIpc) is 3.02. The maximum Gasteiger partial charge on any atom is 0.170 e. The van der Waals surface area contributed by atoms with Crippen LogP contribution in [0.4, 0.5) is 17.1 Å². The number of thiocarbonyl (C=S) groups is 3. The minimum Gasteiger partial charge on any atom is -0.497 e. The summed E-state index contributed by atoms with van der Waals surface area (Å²) in [5, 5.41) is 21.1. The van der Waals surface area contributed by atoms with Gasteiger partial charge in [0, 0.05) is 56.3 Å². The molecule has 0 unspecified atom stereocenters. The number of anilines is 3. The number of nitrogens with zero attached hydrogens (tertiary/aromatic N) is 1. The van der Waals surface area contributed by atoms with Gasteiger partial charge in [-0.3, -0.25) is 4.90 Å². The molecule has 0 aliphatic carbocycles. The lowest BCUT2D eigenvalue weighted by molar-refractivity contribution is 0.286. The molecule has 3 rings (SSSR count). The molecule has 230 valence electrons. The molecule has 0 aromatic heterocycles. The third-order valence-corrected chi connectivity index (χ3v) is 6.92. The highest BCUT2D eigenvalue weighted by molar-refractivity contribution is 7.80. The normalized spacial score (nSPS) is 10.3. The van der Waals surface area contributed by atoms with Gasteiger partial charge in [0.15, 0.2) is 15.3 Å². The zero-order valence-electron chi connectivity index (χ0n) is 24.6. The van der Waals surface area contributed by atoms with Crippen LogP contribution >= 0.6 is 36.7 Å². The molecule has 0 aliphatic heterocycles. The molecular weight excluding hydrogens is 603 g/mol. The van der Waals surface area contributed by atoms with E-state index in [-0.39, 0.29) is 0 Å². The van der Waals surface area contributed by atoms with E-state index >= 15 is 0 Å². The molecule has 0 spiro atoms. The molecule has 0 radical (unpaired) electrons. The second-order valence-corrected chi connectivity index (χ2v) is 10.4. The van der Waals surface area contributed by atoms with E-state index in [4.69, 9.17) is 50.9 Å². The molecule has 0 atom stereocenters. The Morgan fingerprint density at radius 1 is 0.488 bits per heavy atom. The summed E-state index contributed by atoms with van der Waals surface area (Å²) >= 11 is 16.5. The van der Waals surface area contributed by atoms with E-state index in [0.717, 1.165) is 53.9 Å². The van der Waals surface area contributed by atoms with Crippen molar-refractivity contribution in [1.82, 2.24) is 20.9 Å². The monoisotopic (exact) mass is 641 g/mol. The van der Waals surface area contributed by atoms with E-state index in [1.807, 2.05) is 72.8 Å². The number of hydrogen-bond acceptors (Lipinski definition) is 7. The molecule has 0 amide bonds. The maximum atomic E-state index is 5.49. The quantitative estimate of drug-likeness (QED) is 0.133. The first-order valence-electron chi connectivity index (χ1n) is 13.7. The van der Waals surface area contributed by atoms with Crippen LogP contribution < -0.4 is 46.1 Å². The van der Waals surface area contributed by atoms with Gasteiger partial charge in [0.25, 0.3) is 0 Å². The van der Waals surface area contributed by atoms with Gasteiger partial charge in [0.1, 0.15) is 17.2 Å². The molecule has 0 fully saturated rings. The highest BCUT2D eigenvalue weighted by Crippen LogP contribution is 2.16. The van der Waals surface area contributed by atoms with Crippen LogP contribution in [-0.4, -0.2) is 80.8 Å². The van der Waals surface area contributed by atoms with Crippen molar-refractivity contribution in [3.05, 3.63) is 72.8 Å². The van der Waals surface area contributed by atoms with Crippen molar-refractivity contribution in [2.75, 3.05) is 76.5 Å². The van der Waals surface area contributed by atoms with Crippen molar-refractivity contribution in [1.29, 1.82) is 0 Å². The predicted octanol–water partition coefficient (Wildman–Crippen LogP) is 4.27. The van der Waals surface area contributed by atoms with Gasteiger partial charge in [-0.1, -0.05) is 0 Å². The molecule has 3 aromatic carbocycles. The molecular formula is C30H39N7O3S3. The Bertz CT molecular complexity index is 1130. The minimum absolute atomic E-state index is 0.552. The SMILES string of the molecule is COc1ccc(NC(=S)NCCN(CCNC(=S)Nc2ccc(OC)cc2)CCNC(=S)Nc2ccc(OC)cc2)cc1. The van der Waals surface area contributed by atoms with E-state index < -0.39 is 0 Å². The van der Waals surface area contributed by atoms with Crippen LogP contribution in [0.2, 0.25) is 0 Å². The zero-order chi connectivity index (χ0) is 30.9. The van der Waals surface area contributed by atoms with Crippen molar-refractivity contribution in [3.8, 4) is 17.2 Å². The van der Waals surface area contributed by atoms with E-state index in [1.54, 1.807) is 21.3 Å². The first-order valence-corrected chi connectivity index (χ1v) is 14.9. The number of hydrogen-bond donors (Lipinski definition) is 6. The lowest BCUT2D eigenvalue weighted by Crippen LogP contribution is -2.44. The van der Waals surface area contributed by atoms with Gasteiger partial charge in [-0.05, 0) is 109 Å². The van der Waals surface area contributed by atoms with Gasteiger partial charge >= 0.3 is 0 Å². The molecule has 10 nitrogen and oxygen atoms in total. The van der Waals surface area contributed by atoms with Crippen molar-refractivity contribution in [2.45, 2.75) is 0 Å². The number of nitrogens with one attached hydrogen (secondary N) is 6. The zero-order valence-corrected chi connectivity index (χ0v) is 27.0. The first-order chi connectivity index (χ1) is 20.9. The van der Waals surface area contributed by atoms with Crippen molar-refractivity contribution in [3.63, 3.8) is 0 Å². The van der Waals surface area contributed by atoms with Gasteiger partial charge in [-0.2, -0.15) is 0 Å². The molecule has 0 saturated heterocycles. The summed E-state index contributed by atoms with van der Waals surface area (Å²) in [7, 11) is 4.92. The molecule has 0 aliphatic rings. The lowest BCUT2D eigenvalue weighted by Gasteiger charge is -2.24. The summed E-state index contributed by atoms with van der Waals surface area (Å²) in [4.78, 5) is 2.30. The van der Waals surface area contributed by atoms with E-state index in [9.17, 15) is 0 Å². The van der Waals surface area contributed by atoms with Gasteiger partial charge in [-0.15, -0.1) is 0 Å². The fourth-order valence-corrected chi connectivity index (χ4v) is 4.53. The number of ether oxygens (including phenoxy) is 3. The highest BCUT2D eigenvalue weighted by Gasteiger charge is 2.08. The predicted molar refractivity (Wildman–Crippen MR) is 188 cm³/mol. The summed E-state index contributed by atoms with van der Waals surface area (Å²) in [6.45, 7) is 4.24. The van der Waals surface area contributed by atoms with Crippen molar-refractivity contribution in [2.24, 2.45) is 0 Å². The third-order valence-electron chi connectivity index (χ3n) is 6.18. The van der Waals surface area contributed by atoms with Gasteiger partial charge in [-0.25, -0.2) is 0 Å². The summed E-state index contributed by atoms with van der Waals surface area (Å²) in [5.74, 6) is 2.37. The number of benzene rings is 3. The molecule has 3 aromatic rings. The van der Waals surface area contributed by atoms with Crippen LogP contribution in [0.15, 0.2) is 72.8 Å². The van der Waals surface area contributed by atoms with Gasteiger partial charge in [0.05, 0.1) is 21.3 Å². The Hall–Kier alpha value is -3.91. The lowest BCUT2D eigenvalue weighted by atomic mass is 10.3. The second-order valence-electron chi connectivity index (χ2n) is 9.17. The van der Waals surface area contributed by atoms with E-state index in [1.165, 1.54) is 0 Å². The standard InChI is InChI=1S/C30H39N7O3S3/c1-38-25-10-4-22(5-11-25)34-28(41)31-16-19-37(20-17-32-29(42)35-23-6-12-26(39-2)13-7-23)21-18-33-30(43)36-24-8-14-27(40-3)15-9-24/h4-15H,16-21H2,1-3H3,(H2,31,34,41)(H2,32,35,42)(H2,33,36,43). The summed E-state index contributed by atoms with van der Waals surface area (Å²) < 4.78 is 15.6. The van der Waals surface area contributed by atoms with E-state index in [2.05, 4.69) is 36.8 Å². The molecule has 0 heterocycles. The van der Waals surface area contributed by atoms with Crippen molar-refractivity contribution < 1.29 is 14.2 Å². The number of rotatable bonds is 15. The average molecular weight is 642 g/mol. The van der Waals surface area contributed by atoms with Crippen LogP contribution in [0, 0.1) is 0 Å². The highest BCUT2D eigenvalue weighted by atomic mass is 32.1. The van der Waals surface area contributed by atoms with Crippen molar-refractivity contribution >= 4 is 69.1 Å². The maximum absolute atomic E-state index is 5.49. The van der Waals surface area contributed by atoms with Gasteiger partial charge < -0.3 is 46.1 Å². The molecule has 0 saturated carbocycles. The topological polar surface area (TPSA) is 103 Å². The Morgan fingerprint density at radius 3 is 0.977 bits per heavy atom. The Morgan fingerprint density at radius 2 is 0.744 bits per heavy atom. The Balaban J connectivity index is 1.45. The third kappa shape index (κ3) is 12.9. The first kappa shape index (κ1) is 33.6. The molecule has 43 heavy (non-hydrogen) atoms. The second kappa shape index (κ2) is 18.6. The molecule has 13 heteroatoms. The van der Waals surface area contributed by atoms with Crippen LogP contribution in [-0.2, 0) is 0 Å². The van der Waals surface area contributed by atoms with Crippen LogP contribution in [0.3, 0.4) is 0 Å². The molecule has 6 N–H and O–H groups in total. The molecule has 0 bridgehead atoms. The van der Waals surface area contributed by atoms with Crippen LogP contribution in [0.25, 0.3) is 0 Å². The minimum atomic E-state index is 0.552. The largest absolute Gasteiger partial charge is 0.497 e. The summed E-state index contributed by atoms with van der Waals surface area (Å²) in [6.07, 6.45) is 0. The fourth-order valence-electron chi connectivity index (χ4n) is 3.87. The fraction of sp³-hybridized carbons (Fsp3) is 0.300. The Kier molecular flexibility index (Phi) is 14.5. The van der Waals surface area contributed by atoms with Crippen LogP contribution in [0.5, 0.6) is 17.2 Å². The van der Waals surface area contributed by atoms with Gasteiger partial charge in [0.2, 0.25) is 0 Å².